The Morgan fingerprint density at radius 3 is 1.21 bits per heavy atom. The van der Waals surface area contributed by atoms with Gasteiger partial charge in [-0.05, 0) is 70.8 Å². The second-order valence-corrected chi connectivity index (χ2v) is 11.7. The number of halogens is 8. The average Bonchev–Trinajstić information content (AvgIpc) is 2.94. The number of alkyl halides is 6. The Morgan fingerprint density at radius 2 is 0.884 bits per heavy atom. The summed E-state index contributed by atoms with van der Waals surface area (Å²) in [5.41, 5.74) is -1.69. The lowest BCUT2D eigenvalue weighted by atomic mass is 10.1. The van der Waals surface area contributed by atoms with Gasteiger partial charge in [0.15, 0.2) is 9.84 Å². The minimum atomic E-state index is -4.64. The zero-order valence-electron chi connectivity index (χ0n) is 22.0. The molecule has 4 aromatic carbocycles. The van der Waals surface area contributed by atoms with Crippen LogP contribution in [0.3, 0.4) is 0 Å². The quantitative estimate of drug-likeness (QED) is 0.184. The summed E-state index contributed by atoms with van der Waals surface area (Å²) in [6.07, 6.45) is -4.64. The van der Waals surface area contributed by atoms with Crippen LogP contribution in [0, 0.1) is 11.6 Å². The lowest BCUT2D eigenvalue weighted by Gasteiger charge is -2.22. The monoisotopic (exact) mass is 622 g/mol. The molecule has 43 heavy (non-hydrogen) atoms. The zero-order valence-corrected chi connectivity index (χ0v) is 22.8. The Kier molecular flexibility index (Phi) is 9.24. The van der Waals surface area contributed by atoms with E-state index in [0.29, 0.717) is 0 Å². The fourth-order valence-electron chi connectivity index (χ4n) is 4.32. The van der Waals surface area contributed by atoms with Crippen molar-refractivity contribution in [3.63, 3.8) is 0 Å². The maximum absolute atomic E-state index is 14.2. The minimum absolute atomic E-state index is 0.0370. The molecule has 0 heterocycles. The third-order valence-corrected chi connectivity index (χ3v) is 8.73. The smallest absolute Gasteiger partial charge is 0.227 e. The Balaban J connectivity index is 1.83. The van der Waals surface area contributed by atoms with E-state index in [1.807, 2.05) is 0 Å². The molecule has 0 fully saturated rings. The highest BCUT2D eigenvalue weighted by atomic mass is 32.2. The predicted molar refractivity (Wildman–Crippen MR) is 148 cm³/mol. The summed E-state index contributed by atoms with van der Waals surface area (Å²) in [6, 6.07) is 17.2. The molecule has 0 saturated carbocycles. The molecule has 0 aliphatic rings. The van der Waals surface area contributed by atoms with Crippen LogP contribution in [0.1, 0.15) is 43.9 Å². The maximum atomic E-state index is 14.2. The summed E-state index contributed by atoms with van der Waals surface area (Å²) in [7, 11) is -4.48. The molecule has 0 aliphatic heterocycles. The number of sulfone groups is 1. The second-order valence-electron chi connectivity index (χ2n) is 9.50. The van der Waals surface area contributed by atoms with E-state index in [-0.39, 0.29) is 22.3 Å². The molecule has 0 N–H and O–H groups in total. The minimum Gasteiger partial charge on any atom is -0.227 e. The van der Waals surface area contributed by atoms with Gasteiger partial charge in [0, 0.05) is 0 Å². The highest BCUT2D eigenvalue weighted by Crippen LogP contribution is 2.38. The fourth-order valence-corrected chi connectivity index (χ4v) is 6.30. The fraction of sp³-hybridized carbons (Fsp3) is 0.125. The van der Waals surface area contributed by atoms with E-state index in [0.717, 1.165) is 72.8 Å². The Hall–Kier alpha value is -4.25. The lowest BCUT2D eigenvalue weighted by Crippen LogP contribution is -2.19. The summed E-state index contributed by atoms with van der Waals surface area (Å²) in [5.74, 6) is -1.33. The first kappa shape index (κ1) is 31.7. The third-order valence-electron chi connectivity index (χ3n) is 6.46. The van der Waals surface area contributed by atoms with E-state index < -0.39 is 55.5 Å². The average molecular weight is 623 g/mol. The Bertz CT molecular complexity index is 1600. The Morgan fingerprint density at radius 1 is 0.535 bits per heavy atom. The van der Waals surface area contributed by atoms with Gasteiger partial charge in [-0.25, -0.2) is 17.2 Å². The van der Waals surface area contributed by atoms with Crippen molar-refractivity contribution >= 4 is 22.0 Å². The Labute approximate surface area is 242 Å². The van der Waals surface area contributed by atoms with E-state index >= 15 is 0 Å². The van der Waals surface area contributed by atoms with Crippen LogP contribution in [-0.2, 0) is 22.2 Å². The van der Waals surface area contributed by atoms with Crippen molar-refractivity contribution in [3.8, 4) is 0 Å². The summed E-state index contributed by atoms with van der Waals surface area (Å²) < 4.78 is 135. The first-order valence-electron chi connectivity index (χ1n) is 12.6. The third kappa shape index (κ3) is 7.98. The van der Waals surface area contributed by atoms with Crippen LogP contribution in [0.4, 0.5) is 35.1 Å². The van der Waals surface area contributed by atoms with Crippen LogP contribution < -0.4 is 0 Å². The molecular formula is C32H22F8O2S. The topological polar surface area (TPSA) is 34.1 Å². The van der Waals surface area contributed by atoms with Crippen molar-refractivity contribution < 1.29 is 43.5 Å². The van der Waals surface area contributed by atoms with E-state index in [1.54, 1.807) is 0 Å². The molecule has 4 rings (SSSR count). The van der Waals surface area contributed by atoms with E-state index in [4.69, 9.17) is 0 Å². The maximum Gasteiger partial charge on any atom is 0.416 e. The van der Waals surface area contributed by atoms with Crippen LogP contribution in [0.2, 0.25) is 0 Å². The van der Waals surface area contributed by atoms with Gasteiger partial charge in [-0.1, -0.05) is 72.8 Å². The van der Waals surface area contributed by atoms with E-state index in [1.165, 1.54) is 48.6 Å². The molecule has 11 heteroatoms. The van der Waals surface area contributed by atoms with E-state index in [9.17, 15) is 43.5 Å². The molecule has 224 valence electrons. The molecule has 2 atom stereocenters. The van der Waals surface area contributed by atoms with Gasteiger partial charge >= 0.3 is 12.4 Å². The molecule has 0 aliphatic carbocycles. The van der Waals surface area contributed by atoms with Crippen molar-refractivity contribution in [2.75, 3.05) is 0 Å². The standard InChI is InChI=1S/C32H22F8O2S/c33-27-13-9-23(10-14-27)29(17-7-21-3-1-5-25(19-21)31(35,36)37)43(41,42)30(24-11-15-28(34)16-12-24)18-8-22-4-2-6-26(20-22)32(38,39)40/h1-20,29-30H. The number of rotatable bonds is 8. The molecule has 2 nitrogen and oxygen atoms in total. The first-order chi connectivity index (χ1) is 20.1. The second kappa shape index (κ2) is 12.5. The molecule has 0 radical (unpaired) electrons. The van der Waals surface area contributed by atoms with Crippen LogP contribution in [0.25, 0.3) is 12.2 Å². The number of hydrogen-bond acceptors (Lipinski definition) is 2. The molecule has 0 amide bonds. The van der Waals surface area contributed by atoms with Gasteiger partial charge in [-0.15, -0.1) is 0 Å². The number of hydrogen-bond donors (Lipinski definition) is 0. The van der Waals surface area contributed by atoms with E-state index in [2.05, 4.69) is 0 Å². The van der Waals surface area contributed by atoms with Gasteiger partial charge in [-0.3, -0.25) is 0 Å². The highest BCUT2D eigenvalue weighted by Gasteiger charge is 2.34. The first-order valence-corrected chi connectivity index (χ1v) is 14.2. The molecule has 4 aromatic rings. The highest BCUT2D eigenvalue weighted by molar-refractivity contribution is 7.92. The largest absolute Gasteiger partial charge is 0.416 e. The van der Waals surface area contributed by atoms with Gasteiger partial charge in [0.05, 0.1) is 11.1 Å². The van der Waals surface area contributed by atoms with Crippen molar-refractivity contribution in [2.24, 2.45) is 0 Å². The van der Waals surface area contributed by atoms with Gasteiger partial charge in [0.1, 0.15) is 22.1 Å². The van der Waals surface area contributed by atoms with Crippen LogP contribution in [-0.4, -0.2) is 8.42 Å². The summed E-state index contributed by atoms with van der Waals surface area (Å²) in [6.45, 7) is 0. The predicted octanol–water partition coefficient (Wildman–Crippen LogP) is 9.63. The van der Waals surface area contributed by atoms with Crippen LogP contribution in [0.15, 0.2) is 109 Å². The van der Waals surface area contributed by atoms with Gasteiger partial charge in [0.25, 0.3) is 0 Å². The molecule has 0 aromatic heterocycles. The lowest BCUT2D eigenvalue weighted by molar-refractivity contribution is -0.138. The molecular weight excluding hydrogens is 600 g/mol. The molecule has 0 bridgehead atoms. The van der Waals surface area contributed by atoms with Gasteiger partial charge in [0.2, 0.25) is 0 Å². The van der Waals surface area contributed by atoms with Crippen LogP contribution in [0.5, 0.6) is 0 Å². The van der Waals surface area contributed by atoms with Crippen LogP contribution >= 0.6 is 0 Å². The molecule has 0 spiro atoms. The summed E-state index contributed by atoms with van der Waals surface area (Å²) in [5, 5.41) is -3.10. The van der Waals surface area contributed by atoms with Crippen molar-refractivity contribution in [1.82, 2.24) is 0 Å². The van der Waals surface area contributed by atoms with Crippen molar-refractivity contribution in [3.05, 3.63) is 154 Å². The SMILES string of the molecule is O=S(=O)(C(C=Cc1cccc(C(F)(F)F)c1)c1ccc(F)cc1)C(C=Cc1cccc(C(F)(F)F)c1)c1ccc(F)cc1. The normalized spacial score (nSPS) is 14.3. The summed E-state index contributed by atoms with van der Waals surface area (Å²) >= 11 is 0. The van der Waals surface area contributed by atoms with Gasteiger partial charge < -0.3 is 0 Å². The molecule has 0 saturated heterocycles. The van der Waals surface area contributed by atoms with Crippen molar-refractivity contribution in [2.45, 2.75) is 22.9 Å². The summed E-state index contributed by atoms with van der Waals surface area (Å²) in [4.78, 5) is 0. The van der Waals surface area contributed by atoms with Gasteiger partial charge in [-0.2, -0.15) is 26.3 Å². The molecule has 2 unspecified atom stereocenters. The van der Waals surface area contributed by atoms with Crippen molar-refractivity contribution in [1.29, 1.82) is 0 Å². The zero-order chi connectivity index (χ0) is 31.4. The number of benzene rings is 4.